The molecule has 0 radical (unpaired) electrons. The van der Waals surface area contributed by atoms with Crippen molar-refractivity contribution in [2.24, 2.45) is 11.7 Å². The first-order valence-electron chi connectivity index (χ1n) is 6.08. The maximum absolute atomic E-state index is 11.2. The lowest BCUT2D eigenvalue weighted by Crippen LogP contribution is -2.49. The lowest BCUT2D eigenvalue weighted by Gasteiger charge is -2.25. The Morgan fingerprint density at radius 2 is 1.93 bits per heavy atom. The highest BCUT2D eigenvalue weighted by atomic mass is 16.1. The molecule has 15 heavy (non-hydrogen) atoms. The third-order valence-corrected chi connectivity index (χ3v) is 2.79. The SMILES string of the molecule is CCCCC(CC)NC(C(N)=O)C(C)C. The Morgan fingerprint density at radius 3 is 2.27 bits per heavy atom. The summed E-state index contributed by atoms with van der Waals surface area (Å²) >= 11 is 0. The second kappa shape index (κ2) is 7.69. The number of nitrogens with one attached hydrogen (secondary N) is 1. The minimum atomic E-state index is -0.236. The molecule has 90 valence electrons. The van der Waals surface area contributed by atoms with Gasteiger partial charge in [0.1, 0.15) is 0 Å². The molecule has 0 saturated heterocycles. The summed E-state index contributed by atoms with van der Waals surface area (Å²) in [5.41, 5.74) is 5.37. The fourth-order valence-electron chi connectivity index (χ4n) is 1.71. The molecule has 0 aliphatic rings. The van der Waals surface area contributed by atoms with Gasteiger partial charge in [-0.1, -0.05) is 40.5 Å². The van der Waals surface area contributed by atoms with E-state index in [9.17, 15) is 4.79 Å². The zero-order chi connectivity index (χ0) is 11.8. The van der Waals surface area contributed by atoms with Crippen molar-refractivity contribution in [2.75, 3.05) is 0 Å². The maximum Gasteiger partial charge on any atom is 0.234 e. The molecule has 0 rings (SSSR count). The van der Waals surface area contributed by atoms with Gasteiger partial charge in [-0.3, -0.25) is 4.79 Å². The third-order valence-electron chi connectivity index (χ3n) is 2.79. The van der Waals surface area contributed by atoms with Crippen molar-refractivity contribution in [1.29, 1.82) is 0 Å². The first-order chi connectivity index (χ1) is 7.02. The third kappa shape index (κ3) is 5.78. The van der Waals surface area contributed by atoms with Crippen LogP contribution in [0.1, 0.15) is 53.4 Å². The molecular formula is C12H26N2O. The van der Waals surface area contributed by atoms with E-state index < -0.39 is 0 Å². The number of carbonyl (C=O) groups excluding carboxylic acids is 1. The van der Waals surface area contributed by atoms with Crippen LogP contribution in [0.4, 0.5) is 0 Å². The number of carbonyl (C=O) groups is 1. The van der Waals surface area contributed by atoms with E-state index in [4.69, 9.17) is 5.73 Å². The lowest BCUT2D eigenvalue weighted by molar-refractivity contribution is -0.121. The Morgan fingerprint density at radius 1 is 1.33 bits per heavy atom. The van der Waals surface area contributed by atoms with Crippen molar-refractivity contribution in [1.82, 2.24) is 5.32 Å². The van der Waals surface area contributed by atoms with E-state index in [0.29, 0.717) is 6.04 Å². The summed E-state index contributed by atoms with van der Waals surface area (Å²) in [5.74, 6) is 0.0260. The van der Waals surface area contributed by atoms with Crippen LogP contribution in [0.5, 0.6) is 0 Å². The molecule has 2 unspecified atom stereocenters. The Hall–Kier alpha value is -0.570. The highest BCUT2D eigenvalue weighted by molar-refractivity contribution is 5.80. The Bertz CT molecular complexity index is 180. The van der Waals surface area contributed by atoms with Gasteiger partial charge in [0.2, 0.25) is 5.91 Å². The van der Waals surface area contributed by atoms with Gasteiger partial charge in [-0.25, -0.2) is 0 Å². The van der Waals surface area contributed by atoms with Gasteiger partial charge >= 0.3 is 0 Å². The quantitative estimate of drug-likeness (QED) is 0.650. The summed E-state index contributed by atoms with van der Waals surface area (Å²) < 4.78 is 0. The molecule has 3 nitrogen and oxygen atoms in total. The topological polar surface area (TPSA) is 55.1 Å². The predicted molar refractivity (Wildman–Crippen MR) is 64.6 cm³/mol. The molecular weight excluding hydrogens is 188 g/mol. The second-order valence-electron chi connectivity index (χ2n) is 4.54. The van der Waals surface area contributed by atoms with Crippen molar-refractivity contribution < 1.29 is 4.79 Å². The molecule has 0 aliphatic heterocycles. The van der Waals surface area contributed by atoms with Crippen molar-refractivity contribution in [3.8, 4) is 0 Å². The van der Waals surface area contributed by atoms with E-state index in [1.165, 1.54) is 12.8 Å². The molecule has 0 aromatic carbocycles. The van der Waals surface area contributed by atoms with E-state index in [1.807, 2.05) is 13.8 Å². The van der Waals surface area contributed by atoms with Gasteiger partial charge < -0.3 is 11.1 Å². The molecule has 0 aromatic heterocycles. The molecule has 0 heterocycles. The van der Waals surface area contributed by atoms with Crippen molar-refractivity contribution in [2.45, 2.75) is 65.5 Å². The number of rotatable bonds is 8. The number of amides is 1. The van der Waals surface area contributed by atoms with Gasteiger partial charge in [0.15, 0.2) is 0 Å². The average Bonchev–Trinajstić information content (AvgIpc) is 2.17. The summed E-state index contributed by atoms with van der Waals surface area (Å²) in [6.45, 7) is 8.37. The van der Waals surface area contributed by atoms with Crippen LogP contribution in [0.3, 0.4) is 0 Å². The molecule has 0 fully saturated rings. The molecule has 0 aromatic rings. The molecule has 3 heteroatoms. The standard InChI is InChI=1S/C12H26N2O/c1-5-7-8-10(6-2)14-11(9(3)4)12(13)15/h9-11,14H,5-8H2,1-4H3,(H2,13,15). The minimum Gasteiger partial charge on any atom is -0.368 e. The van der Waals surface area contributed by atoms with E-state index in [1.54, 1.807) is 0 Å². The molecule has 0 spiro atoms. The van der Waals surface area contributed by atoms with Crippen LogP contribution in [-0.4, -0.2) is 18.0 Å². The van der Waals surface area contributed by atoms with E-state index in [0.717, 1.165) is 12.8 Å². The summed E-state index contributed by atoms with van der Waals surface area (Å²) in [7, 11) is 0. The second-order valence-corrected chi connectivity index (χ2v) is 4.54. The van der Waals surface area contributed by atoms with E-state index in [-0.39, 0.29) is 17.9 Å². The van der Waals surface area contributed by atoms with Crippen molar-refractivity contribution in [3.05, 3.63) is 0 Å². The number of hydrogen-bond acceptors (Lipinski definition) is 2. The lowest BCUT2D eigenvalue weighted by atomic mass is 10.00. The summed E-state index contributed by atoms with van der Waals surface area (Å²) in [5, 5.41) is 3.36. The fraction of sp³-hybridized carbons (Fsp3) is 0.917. The Labute approximate surface area is 93.8 Å². The van der Waals surface area contributed by atoms with Gasteiger partial charge in [-0.2, -0.15) is 0 Å². The summed E-state index contributed by atoms with van der Waals surface area (Å²) in [6, 6.07) is 0.233. The van der Waals surface area contributed by atoms with Crippen molar-refractivity contribution >= 4 is 5.91 Å². The van der Waals surface area contributed by atoms with Crippen LogP contribution in [0, 0.1) is 5.92 Å². The van der Waals surface area contributed by atoms with Gasteiger partial charge in [-0.05, 0) is 18.8 Å². The monoisotopic (exact) mass is 214 g/mol. The number of nitrogens with two attached hydrogens (primary N) is 1. The number of primary amides is 1. The minimum absolute atomic E-state index is 0.188. The molecule has 3 N–H and O–H groups in total. The van der Waals surface area contributed by atoms with Crippen LogP contribution in [0.25, 0.3) is 0 Å². The largest absolute Gasteiger partial charge is 0.368 e. The predicted octanol–water partition coefficient (Wildman–Crippen LogP) is 2.05. The van der Waals surface area contributed by atoms with Crippen molar-refractivity contribution in [3.63, 3.8) is 0 Å². The van der Waals surface area contributed by atoms with Gasteiger partial charge in [0.25, 0.3) is 0 Å². The van der Waals surface area contributed by atoms with Crippen LogP contribution < -0.4 is 11.1 Å². The smallest absolute Gasteiger partial charge is 0.234 e. The number of unbranched alkanes of at least 4 members (excludes halogenated alkanes) is 1. The first-order valence-corrected chi connectivity index (χ1v) is 6.08. The van der Waals surface area contributed by atoms with Gasteiger partial charge in [-0.15, -0.1) is 0 Å². The van der Waals surface area contributed by atoms with Crippen LogP contribution in [0.15, 0.2) is 0 Å². The molecule has 2 atom stereocenters. The zero-order valence-electron chi connectivity index (χ0n) is 10.5. The highest BCUT2D eigenvalue weighted by Gasteiger charge is 2.21. The average molecular weight is 214 g/mol. The van der Waals surface area contributed by atoms with Gasteiger partial charge in [0, 0.05) is 6.04 Å². The summed E-state index contributed by atoms with van der Waals surface area (Å²) in [6.07, 6.45) is 4.58. The molecule has 0 bridgehead atoms. The molecule has 1 amide bonds. The van der Waals surface area contributed by atoms with Crippen LogP contribution in [0.2, 0.25) is 0 Å². The summed E-state index contributed by atoms with van der Waals surface area (Å²) in [4.78, 5) is 11.2. The first kappa shape index (κ1) is 14.4. The normalized spacial score (nSPS) is 15.3. The maximum atomic E-state index is 11.2. The number of hydrogen-bond donors (Lipinski definition) is 2. The van der Waals surface area contributed by atoms with Crippen LogP contribution in [-0.2, 0) is 4.79 Å². The molecule has 0 saturated carbocycles. The fourth-order valence-corrected chi connectivity index (χ4v) is 1.71. The Balaban J connectivity index is 4.16. The van der Waals surface area contributed by atoms with E-state index >= 15 is 0 Å². The zero-order valence-corrected chi connectivity index (χ0v) is 10.5. The molecule has 0 aliphatic carbocycles. The highest BCUT2D eigenvalue weighted by Crippen LogP contribution is 2.08. The Kier molecular flexibility index (Phi) is 7.39. The van der Waals surface area contributed by atoms with Gasteiger partial charge in [0.05, 0.1) is 6.04 Å². The van der Waals surface area contributed by atoms with Crippen LogP contribution >= 0.6 is 0 Å². The van der Waals surface area contributed by atoms with E-state index in [2.05, 4.69) is 19.2 Å².